The molecule has 0 N–H and O–H groups in total. The standard InChI is InChI=1S/C24H18O7S2/c1-32-9-17(25)19-21(27)13-5-3-11(7-15(13)23(19)29)31-12-4-6-14-16(8-12)24(30)20(22(14)28)18(26)10-33-2/h3-8,19-20H,9-10H2,1-2H3. The number of carbonyl (C=O) groups excluding carboxylic acids is 6. The van der Waals surface area contributed by atoms with Crippen LogP contribution in [0.4, 0.5) is 0 Å². The van der Waals surface area contributed by atoms with E-state index in [1.165, 1.54) is 59.9 Å². The Balaban J connectivity index is 1.59. The van der Waals surface area contributed by atoms with Crippen LogP contribution in [0.3, 0.4) is 0 Å². The van der Waals surface area contributed by atoms with Crippen LogP contribution in [0, 0.1) is 11.8 Å². The number of rotatable bonds is 8. The van der Waals surface area contributed by atoms with Crippen molar-refractivity contribution in [3.05, 3.63) is 58.7 Å². The second kappa shape index (κ2) is 9.07. The fourth-order valence-corrected chi connectivity index (χ4v) is 4.95. The van der Waals surface area contributed by atoms with Gasteiger partial charge in [0.2, 0.25) is 0 Å². The van der Waals surface area contributed by atoms with Crippen molar-refractivity contribution in [2.24, 2.45) is 11.8 Å². The maximum absolute atomic E-state index is 12.7. The second-order valence-corrected chi connectivity index (χ2v) is 9.37. The van der Waals surface area contributed by atoms with Crippen LogP contribution in [-0.4, -0.2) is 58.7 Å². The van der Waals surface area contributed by atoms with Crippen LogP contribution in [0.5, 0.6) is 11.5 Å². The smallest absolute Gasteiger partial charge is 0.182 e. The van der Waals surface area contributed by atoms with Gasteiger partial charge in [-0.25, -0.2) is 0 Å². The first kappa shape index (κ1) is 23.1. The molecule has 0 amide bonds. The number of Topliss-reactive ketones (excluding diaryl/α,β-unsaturated/α-hetero) is 6. The van der Waals surface area contributed by atoms with E-state index in [0.29, 0.717) is 0 Å². The summed E-state index contributed by atoms with van der Waals surface area (Å²) in [4.78, 5) is 74.9. The molecule has 0 bridgehead atoms. The Morgan fingerprint density at radius 1 is 0.667 bits per heavy atom. The molecule has 0 radical (unpaired) electrons. The lowest BCUT2D eigenvalue weighted by Gasteiger charge is -2.08. The van der Waals surface area contributed by atoms with Crippen LogP contribution in [0.1, 0.15) is 41.4 Å². The van der Waals surface area contributed by atoms with E-state index >= 15 is 0 Å². The maximum Gasteiger partial charge on any atom is 0.182 e. The Morgan fingerprint density at radius 2 is 1.03 bits per heavy atom. The lowest BCUT2D eigenvalue weighted by atomic mass is 10.00. The van der Waals surface area contributed by atoms with Gasteiger partial charge in [-0.05, 0) is 48.9 Å². The molecule has 0 aliphatic heterocycles. The summed E-state index contributed by atoms with van der Waals surface area (Å²) >= 11 is 2.49. The molecule has 7 nitrogen and oxygen atoms in total. The summed E-state index contributed by atoms with van der Waals surface area (Å²) in [5, 5.41) is 0. The van der Waals surface area contributed by atoms with E-state index in [2.05, 4.69) is 0 Å². The molecule has 2 aliphatic rings. The van der Waals surface area contributed by atoms with E-state index in [0.717, 1.165) is 0 Å². The summed E-state index contributed by atoms with van der Waals surface area (Å²) in [5.41, 5.74) is 0.590. The van der Waals surface area contributed by atoms with Gasteiger partial charge in [-0.2, -0.15) is 23.5 Å². The van der Waals surface area contributed by atoms with Gasteiger partial charge in [-0.3, -0.25) is 28.8 Å². The molecule has 0 saturated heterocycles. The van der Waals surface area contributed by atoms with Crippen LogP contribution in [-0.2, 0) is 9.59 Å². The normalized spacial score (nSPS) is 19.0. The van der Waals surface area contributed by atoms with Gasteiger partial charge in [0.25, 0.3) is 0 Å². The van der Waals surface area contributed by atoms with Crippen molar-refractivity contribution in [3.63, 3.8) is 0 Å². The average Bonchev–Trinajstić information content (AvgIpc) is 3.18. The Labute approximate surface area is 197 Å². The topological polar surface area (TPSA) is 112 Å². The van der Waals surface area contributed by atoms with Gasteiger partial charge in [0.05, 0.1) is 11.5 Å². The molecular formula is C24H18O7S2. The fraction of sp³-hybridized carbons (Fsp3) is 0.250. The number of hydrogen-bond donors (Lipinski definition) is 0. The molecule has 2 aliphatic carbocycles. The van der Waals surface area contributed by atoms with E-state index in [9.17, 15) is 28.8 Å². The molecule has 2 unspecified atom stereocenters. The number of benzene rings is 2. The maximum atomic E-state index is 12.7. The molecule has 2 aromatic carbocycles. The van der Waals surface area contributed by atoms with Gasteiger partial charge in [0, 0.05) is 22.3 Å². The average molecular weight is 483 g/mol. The SMILES string of the molecule is CSCC(=O)C1C(=O)c2ccc(Oc3ccc4c(c3)C(=O)C(C(=O)CSC)C4=O)cc2C1=O. The third kappa shape index (κ3) is 3.95. The molecule has 33 heavy (non-hydrogen) atoms. The summed E-state index contributed by atoms with van der Waals surface area (Å²) in [6.45, 7) is 0. The number of thioether (sulfide) groups is 2. The van der Waals surface area contributed by atoms with E-state index in [1.54, 1.807) is 12.5 Å². The minimum absolute atomic E-state index is 0.0712. The molecule has 4 rings (SSSR count). The summed E-state index contributed by atoms with van der Waals surface area (Å²) in [6.07, 6.45) is 3.44. The number of ether oxygens (including phenoxy) is 1. The lowest BCUT2D eigenvalue weighted by molar-refractivity contribution is -0.118. The zero-order chi connectivity index (χ0) is 23.9. The number of fused-ring (bicyclic) bond motifs is 2. The van der Waals surface area contributed by atoms with Gasteiger partial charge in [-0.15, -0.1) is 0 Å². The van der Waals surface area contributed by atoms with E-state index in [4.69, 9.17) is 4.74 Å². The predicted molar refractivity (Wildman–Crippen MR) is 124 cm³/mol. The molecule has 0 fully saturated rings. The van der Waals surface area contributed by atoms with Crippen LogP contribution in [0.2, 0.25) is 0 Å². The van der Waals surface area contributed by atoms with Crippen molar-refractivity contribution < 1.29 is 33.5 Å². The van der Waals surface area contributed by atoms with Crippen molar-refractivity contribution in [1.29, 1.82) is 0 Å². The first-order chi connectivity index (χ1) is 15.8. The van der Waals surface area contributed by atoms with E-state index < -0.39 is 46.5 Å². The highest BCUT2D eigenvalue weighted by atomic mass is 32.2. The largest absolute Gasteiger partial charge is 0.457 e. The monoisotopic (exact) mass is 482 g/mol. The number of ketones is 6. The van der Waals surface area contributed by atoms with Crippen molar-refractivity contribution in [2.75, 3.05) is 24.0 Å². The minimum Gasteiger partial charge on any atom is -0.457 e. The zero-order valence-corrected chi connectivity index (χ0v) is 19.3. The highest BCUT2D eigenvalue weighted by Gasteiger charge is 2.44. The zero-order valence-electron chi connectivity index (χ0n) is 17.7. The molecule has 0 aromatic heterocycles. The number of hydrogen-bond acceptors (Lipinski definition) is 9. The Kier molecular flexibility index (Phi) is 6.36. The molecule has 168 valence electrons. The lowest BCUT2D eigenvalue weighted by Crippen LogP contribution is -2.27. The minimum atomic E-state index is -1.32. The molecule has 0 saturated carbocycles. The fourth-order valence-electron chi connectivity index (χ4n) is 4.04. The van der Waals surface area contributed by atoms with Crippen molar-refractivity contribution in [2.45, 2.75) is 0 Å². The van der Waals surface area contributed by atoms with Gasteiger partial charge in [0.15, 0.2) is 34.7 Å². The van der Waals surface area contributed by atoms with Crippen LogP contribution < -0.4 is 4.74 Å². The van der Waals surface area contributed by atoms with Crippen molar-refractivity contribution in [1.82, 2.24) is 0 Å². The first-order valence-corrected chi connectivity index (χ1v) is 12.7. The van der Waals surface area contributed by atoms with E-state index in [-0.39, 0.29) is 45.3 Å². The van der Waals surface area contributed by atoms with Gasteiger partial charge in [-0.1, -0.05) is 0 Å². The predicted octanol–water partition coefficient (Wildman–Crippen LogP) is 3.33. The second-order valence-electron chi connectivity index (χ2n) is 7.64. The summed E-state index contributed by atoms with van der Waals surface area (Å²) in [7, 11) is 0. The van der Waals surface area contributed by atoms with E-state index in [1.807, 2.05) is 0 Å². The van der Waals surface area contributed by atoms with Gasteiger partial charge < -0.3 is 4.74 Å². The van der Waals surface area contributed by atoms with Crippen molar-refractivity contribution >= 4 is 58.2 Å². The summed E-state index contributed by atoms with van der Waals surface area (Å²) < 4.78 is 5.78. The Bertz CT molecular complexity index is 1150. The molecule has 2 atom stereocenters. The van der Waals surface area contributed by atoms with Gasteiger partial charge in [0.1, 0.15) is 23.3 Å². The third-order valence-electron chi connectivity index (χ3n) is 5.55. The van der Waals surface area contributed by atoms with Gasteiger partial charge >= 0.3 is 0 Å². The molecular weight excluding hydrogens is 464 g/mol. The highest BCUT2D eigenvalue weighted by molar-refractivity contribution is 7.99. The first-order valence-electron chi connectivity index (χ1n) is 9.94. The highest BCUT2D eigenvalue weighted by Crippen LogP contribution is 2.35. The van der Waals surface area contributed by atoms with Crippen LogP contribution >= 0.6 is 23.5 Å². The van der Waals surface area contributed by atoms with Crippen molar-refractivity contribution in [3.8, 4) is 11.5 Å². The summed E-state index contributed by atoms with van der Waals surface area (Å²) in [6, 6.07) is 8.67. The Morgan fingerprint density at radius 3 is 1.39 bits per heavy atom. The molecule has 0 spiro atoms. The quantitative estimate of drug-likeness (QED) is 0.523. The molecule has 9 heteroatoms. The van der Waals surface area contributed by atoms with Crippen LogP contribution in [0.25, 0.3) is 0 Å². The Hall–Kier alpha value is -3.04. The summed E-state index contributed by atoms with van der Waals surface area (Å²) in [5.74, 6) is -5.00. The number of carbonyl (C=O) groups is 6. The third-order valence-corrected chi connectivity index (χ3v) is 6.69. The molecule has 2 aromatic rings. The van der Waals surface area contributed by atoms with Crippen LogP contribution in [0.15, 0.2) is 36.4 Å². The molecule has 0 heterocycles.